The van der Waals surface area contributed by atoms with Gasteiger partial charge in [0.2, 0.25) is 0 Å². The van der Waals surface area contributed by atoms with Crippen LogP contribution in [0.25, 0.3) is 0 Å². The Morgan fingerprint density at radius 3 is 3.11 bits per heavy atom. The number of nitrogens with zero attached hydrogens (tertiary/aromatic N) is 1. The molecule has 1 aliphatic heterocycles. The van der Waals surface area contributed by atoms with E-state index in [0.717, 1.165) is 34.7 Å². The molecule has 0 spiro atoms. The van der Waals surface area contributed by atoms with E-state index in [0.29, 0.717) is 12.6 Å². The highest BCUT2D eigenvalue weighted by Crippen LogP contribution is 2.34. The summed E-state index contributed by atoms with van der Waals surface area (Å²) in [7, 11) is 0. The fourth-order valence-corrected chi connectivity index (χ4v) is 2.69. The third-order valence-electron chi connectivity index (χ3n) is 3.22. The Balaban J connectivity index is 1.74. The number of aryl methyl sites for hydroxylation is 1. The first-order chi connectivity index (χ1) is 9.22. The normalized spacial score (nSPS) is 17.9. The molecular formula is C14H15BrN2O2. The fraction of sp³-hybridized carbons (Fsp3) is 0.357. The molecule has 1 unspecified atom stereocenters. The molecule has 1 aromatic carbocycles. The number of nitrogens with one attached hydrogen (secondary N) is 1. The lowest BCUT2D eigenvalue weighted by atomic mass is 10.0. The summed E-state index contributed by atoms with van der Waals surface area (Å²) in [6.07, 6.45) is 0.959. The van der Waals surface area contributed by atoms with Crippen molar-refractivity contribution in [2.45, 2.75) is 25.9 Å². The van der Waals surface area contributed by atoms with E-state index in [9.17, 15) is 0 Å². The predicted octanol–water partition coefficient (Wildman–Crippen LogP) is 3.36. The Labute approximate surface area is 120 Å². The van der Waals surface area contributed by atoms with Gasteiger partial charge in [0.25, 0.3) is 0 Å². The Hall–Kier alpha value is -1.33. The van der Waals surface area contributed by atoms with Gasteiger partial charge in [0.1, 0.15) is 11.5 Å². The fourth-order valence-electron chi connectivity index (χ4n) is 2.31. The van der Waals surface area contributed by atoms with Crippen molar-refractivity contribution in [1.82, 2.24) is 10.5 Å². The molecule has 2 heterocycles. The largest absolute Gasteiger partial charge is 0.493 e. The number of aromatic nitrogens is 1. The minimum atomic E-state index is 0.290. The van der Waals surface area contributed by atoms with Crippen LogP contribution >= 0.6 is 15.9 Å². The third-order valence-corrected chi connectivity index (χ3v) is 3.71. The van der Waals surface area contributed by atoms with Crippen molar-refractivity contribution < 1.29 is 9.26 Å². The standard InChI is InChI=1S/C14H15BrN2O2/c1-9-6-11(17-19-9)8-16-13-4-5-18-14-3-2-10(15)7-12(13)14/h2-3,6-7,13,16H,4-5,8H2,1H3. The number of halogens is 1. The summed E-state index contributed by atoms with van der Waals surface area (Å²) in [6.45, 7) is 3.34. The lowest BCUT2D eigenvalue weighted by Gasteiger charge is -2.26. The van der Waals surface area contributed by atoms with Crippen LogP contribution in [0.5, 0.6) is 5.75 Å². The van der Waals surface area contributed by atoms with Gasteiger partial charge >= 0.3 is 0 Å². The molecule has 0 saturated carbocycles. The van der Waals surface area contributed by atoms with Crippen molar-refractivity contribution in [3.8, 4) is 5.75 Å². The van der Waals surface area contributed by atoms with Gasteiger partial charge in [-0.05, 0) is 25.1 Å². The number of rotatable bonds is 3. The SMILES string of the molecule is Cc1cc(CNC2CCOc3ccc(Br)cc32)no1. The number of benzene rings is 1. The summed E-state index contributed by atoms with van der Waals surface area (Å²) in [5.41, 5.74) is 2.13. The average Bonchev–Trinajstić information content (AvgIpc) is 2.82. The first-order valence-electron chi connectivity index (χ1n) is 6.30. The second-order valence-electron chi connectivity index (χ2n) is 4.68. The molecule has 2 aromatic rings. The summed E-state index contributed by atoms with van der Waals surface area (Å²) in [4.78, 5) is 0. The lowest BCUT2D eigenvalue weighted by molar-refractivity contribution is 0.251. The summed E-state index contributed by atoms with van der Waals surface area (Å²) in [5.74, 6) is 1.80. The van der Waals surface area contributed by atoms with Crippen LogP contribution in [-0.2, 0) is 6.54 Å². The first kappa shape index (κ1) is 12.7. The predicted molar refractivity (Wildman–Crippen MR) is 75.1 cm³/mol. The molecular weight excluding hydrogens is 308 g/mol. The van der Waals surface area contributed by atoms with Gasteiger partial charge < -0.3 is 14.6 Å². The molecule has 0 fully saturated rings. The zero-order valence-corrected chi connectivity index (χ0v) is 12.2. The van der Waals surface area contributed by atoms with E-state index in [-0.39, 0.29) is 0 Å². The molecule has 1 atom stereocenters. The van der Waals surface area contributed by atoms with E-state index < -0.39 is 0 Å². The number of hydrogen-bond acceptors (Lipinski definition) is 4. The maximum Gasteiger partial charge on any atom is 0.133 e. The highest BCUT2D eigenvalue weighted by atomic mass is 79.9. The van der Waals surface area contributed by atoms with Crippen LogP contribution in [0.4, 0.5) is 0 Å². The monoisotopic (exact) mass is 322 g/mol. The van der Waals surface area contributed by atoms with Crippen LogP contribution in [0.3, 0.4) is 0 Å². The van der Waals surface area contributed by atoms with Crippen molar-refractivity contribution in [2.24, 2.45) is 0 Å². The molecule has 1 aliphatic rings. The summed E-state index contributed by atoms with van der Waals surface area (Å²) < 4.78 is 11.8. The Morgan fingerprint density at radius 1 is 1.42 bits per heavy atom. The minimum Gasteiger partial charge on any atom is -0.493 e. The Morgan fingerprint density at radius 2 is 2.32 bits per heavy atom. The molecule has 4 nitrogen and oxygen atoms in total. The van der Waals surface area contributed by atoms with Gasteiger partial charge in [-0.15, -0.1) is 0 Å². The van der Waals surface area contributed by atoms with Gasteiger partial charge in [0, 0.05) is 35.1 Å². The van der Waals surface area contributed by atoms with Crippen molar-refractivity contribution >= 4 is 15.9 Å². The topological polar surface area (TPSA) is 47.3 Å². The Kier molecular flexibility index (Phi) is 3.57. The number of hydrogen-bond donors (Lipinski definition) is 1. The molecule has 3 rings (SSSR count). The quantitative estimate of drug-likeness (QED) is 0.941. The molecule has 0 amide bonds. The van der Waals surface area contributed by atoms with E-state index in [1.165, 1.54) is 5.56 Å². The number of ether oxygens (including phenoxy) is 1. The molecule has 1 aromatic heterocycles. The highest BCUT2D eigenvalue weighted by Gasteiger charge is 2.21. The molecule has 1 N–H and O–H groups in total. The van der Waals surface area contributed by atoms with Crippen molar-refractivity contribution in [2.75, 3.05) is 6.61 Å². The second-order valence-corrected chi connectivity index (χ2v) is 5.60. The molecule has 0 aliphatic carbocycles. The summed E-state index contributed by atoms with van der Waals surface area (Å²) in [6, 6.07) is 8.36. The second kappa shape index (κ2) is 5.35. The molecule has 0 saturated heterocycles. The van der Waals surface area contributed by atoms with Gasteiger partial charge in [0.05, 0.1) is 12.3 Å². The summed E-state index contributed by atoms with van der Waals surface area (Å²) >= 11 is 3.51. The maximum absolute atomic E-state index is 5.67. The van der Waals surface area contributed by atoms with Gasteiger partial charge in [-0.3, -0.25) is 0 Å². The van der Waals surface area contributed by atoms with Gasteiger partial charge in [0.15, 0.2) is 0 Å². The van der Waals surface area contributed by atoms with Gasteiger partial charge in [-0.1, -0.05) is 21.1 Å². The van der Waals surface area contributed by atoms with Crippen LogP contribution in [0, 0.1) is 6.92 Å². The molecule has 0 bridgehead atoms. The zero-order chi connectivity index (χ0) is 13.2. The Bertz CT molecular complexity index is 583. The van der Waals surface area contributed by atoms with E-state index >= 15 is 0 Å². The van der Waals surface area contributed by atoms with Crippen LogP contribution in [0.2, 0.25) is 0 Å². The van der Waals surface area contributed by atoms with Gasteiger partial charge in [-0.25, -0.2) is 0 Å². The molecule has 5 heteroatoms. The molecule has 100 valence electrons. The van der Waals surface area contributed by atoms with Crippen molar-refractivity contribution in [3.63, 3.8) is 0 Å². The van der Waals surface area contributed by atoms with Crippen LogP contribution in [0.15, 0.2) is 33.3 Å². The molecule has 19 heavy (non-hydrogen) atoms. The first-order valence-corrected chi connectivity index (χ1v) is 7.09. The lowest BCUT2D eigenvalue weighted by Crippen LogP contribution is -2.26. The molecule has 0 radical (unpaired) electrons. The number of fused-ring (bicyclic) bond motifs is 1. The van der Waals surface area contributed by atoms with Crippen LogP contribution < -0.4 is 10.1 Å². The summed E-state index contributed by atoms with van der Waals surface area (Å²) in [5, 5.41) is 7.51. The van der Waals surface area contributed by atoms with Crippen LogP contribution in [0.1, 0.15) is 29.5 Å². The van der Waals surface area contributed by atoms with E-state index in [1.807, 2.05) is 25.1 Å². The van der Waals surface area contributed by atoms with E-state index in [1.54, 1.807) is 0 Å². The van der Waals surface area contributed by atoms with Crippen LogP contribution in [-0.4, -0.2) is 11.8 Å². The smallest absolute Gasteiger partial charge is 0.133 e. The zero-order valence-electron chi connectivity index (χ0n) is 10.6. The average molecular weight is 323 g/mol. The minimum absolute atomic E-state index is 0.290. The highest BCUT2D eigenvalue weighted by molar-refractivity contribution is 9.10. The van der Waals surface area contributed by atoms with Crippen molar-refractivity contribution in [1.29, 1.82) is 0 Å². The maximum atomic E-state index is 5.67. The van der Waals surface area contributed by atoms with E-state index in [4.69, 9.17) is 9.26 Å². The third kappa shape index (κ3) is 2.82. The van der Waals surface area contributed by atoms with E-state index in [2.05, 4.69) is 32.5 Å². The van der Waals surface area contributed by atoms with Crippen molar-refractivity contribution in [3.05, 3.63) is 45.8 Å². The van der Waals surface area contributed by atoms with Gasteiger partial charge in [-0.2, -0.15) is 0 Å².